The second-order valence-electron chi connectivity index (χ2n) is 4.30. The zero-order valence-corrected chi connectivity index (χ0v) is 12.7. The molecular weight excluding hydrogens is 284 g/mol. The van der Waals surface area contributed by atoms with Crippen LogP contribution in [0.2, 0.25) is 0 Å². The highest BCUT2D eigenvalue weighted by atomic mass is 32.1. The van der Waals surface area contributed by atoms with Crippen molar-refractivity contribution in [2.45, 2.75) is 6.92 Å². The summed E-state index contributed by atoms with van der Waals surface area (Å²) in [6.45, 7) is 2.23. The van der Waals surface area contributed by atoms with Crippen molar-refractivity contribution >= 4 is 22.9 Å². The first-order chi connectivity index (χ1) is 10.1. The Labute approximate surface area is 127 Å². The molecule has 0 saturated heterocycles. The number of rotatable bonds is 3. The summed E-state index contributed by atoms with van der Waals surface area (Å²) in [5.74, 6) is 6.31. The minimum Gasteiger partial charge on any atom is -0.497 e. The highest BCUT2D eigenvalue weighted by Crippen LogP contribution is 2.23. The van der Waals surface area contributed by atoms with Gasteiger partial charge in [-0.2, -0.15) is 0 Å². The molecule has 108 valence electrons. The first-order valence-corrected chi connectivity index (χ1v) is 7.20. The summed E-state index contributed by atoms with van der Waals surface area (Å²) in [4.78, 5) is 13.7. The average molecular weight is 300 g/mol. The van der Waals surface area contributed by atoms with E-state index in [1.54, 1.807) is 13.2 Å². The zero-order valence-electron chi connectivity index (χ0n) is 11.9. The van der Waals surface area contributed by atoms with Gasteiger partial charge in [0.05, 0.1) is 23.4 Å². The Kier molecular flexibility index (Phi) is 4.99. The number of amides is 1. The van der Waals surface area contributed by atoms with Crippen LogP contribution in [-0.4, -0.2) is 19.6 Å². The Morgan fingerprint density at radius 3 is 2.86 bits per heavy atom. The number of carbonyl (C=O) groups excluding carboxylic acids is 1. The van der Waals surface area contributed by atoms with Crippen LogP contribution in [0.25, 0.3) is 0 Å². The third kappa shape index (κ3) is 3.85. The molecule has 0 radical (unpaired) electrons. The molecule has 1 aromatic carbocycles. The van der Waals surface area contributed by atoms with Gasteiger partial charge >= 0.3 is 0 Å². The van der Waals surface area contributed by atoms with Gasteiger partial charge in [0, 0.05) is 5.69 Å². The summed E-state index contributed by atoms with van der Waals surface area (Å²) >= 11 is 1.35. The number of thiophene rings is 1. The molecule has 0 saturated carbocycles. The van der Waals surface area contributed by atoms with E-state index in [4.69, 9.17) is 10.5 Å². The zero-order chi connectivity index (χ0) is 15.2. The van der Waals surface area contributed by atoms with Crippen LogP contribution in [0.1, 0.15) is 20.1 Å². The lowest BCUT2D eigenvalue weighted by molar-refractivity contribution is 0.103. The van der Waals surface area contributed by atoms with Crippen molar-refractivity contribution in [2.24, 2.45) is 5.73 Å². The van der Waals surface area contributed by atoms with Crippen molar-refractivity contribution in [1.82, 2.24) is 0 Å². The fraction of sp³-hybridized carbons (Fsp3) is 0.188. The van der Waals surface area contributed by atoms with E-state index in [0.717, 1.165) is 21.9 Å². The molecule has 0 atom stereocenters. The first kappa shape index (κ1) is 15.1. The molecule has 0 spiro atoms. The SMILES string of the molecule is COc1ccc(NC(=O)c2ccc(C#CCN)s2)c(C)c1. The standard InChI is InChI=1S/C16H16N2O2S/c1-11-10-12(20-2)5-7-14(11)18-16(19)15-8-6-13(21-15)4-3-9-17/h5-8,10H,9,17H2,1-2H3,(H,18,19). The van der Waals surface area contributed by atoms with Crippen LogP contribution in [-0.2, 0) is 0 Å². The molecule has 0 aliphatic carbocycles. The Balaban J connectivity index is 2.12. The summed E-state index contributed by atoms with van der Waals surface area (Å²) < 4.78 is 5.14. The summed E-state index contributed by atoms with van der Waals surface area (Å²) in [5.41, 5.74) is 7.04. The van der Waals surface area contributed by atoms with Crippen LogP contribution in [0.3, 0.4) is 0 Å². The number of nitrogens with two attached hydrogens (primary N) is 1. The summed E-state index contributed by atoms with van der Waals surface area (Å²) in [5, 5.41) is 2.89. The lowest BCUT2D eigenvalue weighted by atomic mass is 10.2. The van der Waals surface area contributed by atoms with E-state index in [9.17, 15) is 4.79 Å². The number of methoxy groups -OCH3 is 1. The van der Waals surface area contributed by atoms with Gasteiger partial charge in [0.15, 0.2) is 0 Å². The van der Waals surface area contributed by atoms with E-state index in [-0.39, 0.29) is 5.91 Å². The molecule has 0 aliphatic rings. The molecule has 5 heteroatoms. The largest absolute Gasteiger partial charge is 0.497 e. The van der Waals surface area contributed by atoms with Crippen LogP contribution in [0.4, 0.5) is 5.69 Å². The lowest BCUT2D eigenvalue weighted by Gasteiger charge is -2.09. The third-order valence-corrected chi connectivity index (χ3v) is 3.82. The van der Waals surface area contributed by atoms with Crippen LogP contribution >= 0.6 is 11.3 Å². The monoisotopic (exact) mass is 300 g/mol. The van der Waals surface area contributed by atoms with E-state index in [2.05, 4.69) is 17.2 Å². The van der Waals surface area contributed by atoms with Crippen molar-refractivity contribution in [3.63, 3.8) is 0 Å². The topological polar surface area (TPSA) is 64.3 Å². The lowest BCUT2D eigenvalue weighted by Crippen LogP contribution is -2.11. The van der Waals surface area contributed by atoms with Crippen molar-refractivity contribution in [3.8, 4) is 17.6 Å². The number of carbonyl (C=O) groups is 1. The van der Waals surface area contributed by atoms with Crippen LogP contribution in [0.15, 0.2) is 30.3 Å². The number of aryl methyl sites for hydroxylation is 1. The smallest absolute Gasteiger partial charge is 0.265 e. The molecule has 1 heterocycles. The number of nitrogens with one attached hydrogen (secondary N) is 1. The molecule has 0 bridgehead atoms. The molecular formula is C16H16N2O2S. The number of ether oxygens (including phenoxy) is 1. The average Bonchev–Trinajstić information content (AvgIpc) is 2.96. The number of benzene rings is 1. The fourth-order valence-corrected chi connectivity index (χ4v) is 2.53. The van der Waals surface area contributed by atoms with Gasteiger partial charge in [0.1, 0.15) is 5.75 Å². The molecule has 2 aromatic rings. The van der Waals surface area contributed by atoms with Crippen molar-refractivity contribution in [1.29, 1.82) is 0 Å². The van der Waals surface area contributed by atoms with Crippen LogP contribution < -0.4 is 15.8 Å². The van der Waals surface area contributed by atoms with E-state index < -0.39 is 0 Å². The Morgan fingerprint density at radius 1 is 1.38 bits per heavy atom. The fourth-order valence-electron chi connectivity index (χ4n) is 1.75. The summed E-state index contributed by atoms with van der Waals surface area (Å²) in [7, 11) is 1.61. The van der Waals surface area contributed by atoms with Gasteiger partial charge in [-0.25, -0.2) is 0 Å². The molecule has 2 rings (SSSR count). The molecule has 0 unspecified atom stereocenters. The van der Waals surface area contributed by atoms with Gasteiger partial charge in [0.25, 0.3) is 5.91 Å². The molecule has 1 aromatic heterocycles. The number of hydrogen-bond acceptors (Lipinski definition) is 4. The molecule has 4 nitrogen and oxygen atoms in total. The highest BCUT2D eigenvalue weighted by Gasteiger charge is 2.10. The van der Waals surface area contributed by atoms with Crippen molar-refractivity contribution in [3.05, 3.63) is 45.6 Å². The minimum absolute atomic E-state index is 0.144. The maximum Gasteiger partial charge on any atom is 0.265 e. The van der Waals surface area contributed by atoms with Crippen LogP contribution in [0.5, 0.6) is 5.75 Å². The molecule has 3 N–H and O–H groups in total. The van der Waals surface area contributed by atoms with Crippen molar-refractivity contribution in [2.75, 3.05) is 19.0 Å². The normalized spacial score (nSPS) is 9.67. The Morgan fingerprint density at radius 2 is 2.19 bits per heavy atom. The van der Waals surface area contributed by atoms with Crippen molar-refractivity contribution < 1.29 is 9.53 Å². The van der Waals surface area contributed by atoms with Gasteiger partial charge in [0.2, 0.25) is 0 Å². The highest BCUT2D eigenvalue weighted by molar-refractivity contribution is 7.14. The second kappa shape index (κ2) is 6.93. The predicted octanol–water partition coefficient (Wildman–Crippen LogP) is 2.63. The summed E-state index contributed by atoms with van der Waals surface area (Å²) in [6.07, 6.45) is 0. The van der Waals surface area contributed by atoms with Gasteiger partial charge in [-0.3, -0.25) is 4.79 Å². The van der Waals surface area contributed by atoms with E-state index in [1.165, 1.54) is 11.3 Å². The van der Waals surface area contributed by atoms with E-state index >= 15 is 0 Å². The minimum atomic E-state index is -0.144. The molecule has 0 fully saturated rings. The molecule has 0 aliphatic heterocycles. The van der Waals surface area contributed by atoms with E-state index in [1.807, 2.05) is 31.2 Å². The van der Waals surface area contributed by atoms with Gasteiger partial charge in [-0.05, 0) is 42.8 Å². The number of hydrogen-bond donors (Lipinski definition) is 2. The van der Waals surface area contributed by atoms with Gasteiger partial charge in [-0.1, -0.05) is 11.8 Å². The molecule has 1 amide bonds. The predicted molar refractivity (Wildman–Crippen MR) is 85.9 cm³/mol. The first-order valence-electron chi connectivity index (χ1n) is 6.39. The van der Waals surface area contributed by atoms with Gasteiger partial charge < -0.3 is 15.8 Å². The second-order valence-corrected chi connectivity index (χ2v) is 5.39. The van der Waals surface area contributed by atoms with E-state index in [0.29, 0.717) is 11.4 Å². The third-order valence-electron chi connectivity index (χ3n) is 2.83. The quantitative estimate of drug-likeness (QED) is 0.856. The Bertz CT molecular complexity index is 711. The van der Waals surface area contributed by atoms with Gasteiger partial charge in [-0.15, -0.1) is 11.3 Å². The maximum absolute atomic E-state index is 12.2. The summed E-state index contributed by atoms with van der Waals surface area (Å²) in [6, 6.07) is 9.11. The number of anilines is 1. The van der Waals surface area contributed by atoms with Crippen LogP contribution in [0, 0.1) is 18.8 Å². The Hall–Kier alpha value is -2.29. The molecule has 21 heavy (non-hydrogen) atoms. The maximum atomic E-state index is 12.2.